The summed E-state index contributed by atoms with van der Waals surface area (Å²) in [6.07, 6.45) is 3.96. The quantitative estimate of drug-likeness (QED) is 0.671. The molecule has 1 aliphatic carbocycles. The molecule has 1 unspecified atom stereocenters. The van der Waals surface area contributed by atoms with Crippen molar-refractivity contribution in [3.05, 3.63) is 35.4 Å². The van der Waals surface area contributed by atoms with Crippen LogP contribution in [0.15, 0.2) is 24.3 Å². The lowest BCUT2D eigenvalue weighted by atomic mass is 9.78. The first-order valence-corrected chi connectivity index (χ1v) is 7.98. The zero-order valence-corrected chi connectivity index (χ0v) is 13.4. The maximum Gasteiger partial charge on any atom is 0.312 e. The van der Waals surface area contributed by atoms with Crippen LogP contribution in [0.3, 0.4) is 0 Å². The number of nitrogens with two attached hydrogens (primary N) is 1. The Morgan fingerprint density at radius 3 is 2.27 bits per heavy atom. The number of ketones is 1. The van der Waals surface area contributed by atoms with Gasteiger partial charge in [0.15, 0.2) is 5.78 Å². The van der Waals surface area contributed by atoms with Crippen molar-refractivity contribution in [1.82, 2.24) is 0 Å². The second-order valence-corrected chi connectivity index (χ2v) is 6.18. The van der Waals surface area contributed by atoms with Crippen LogP contribution in [-0.4, -0.2) is 25.4 Å². The van der Waals surface area contributed by atoms with Gasteiger partial charge in [-0.2, -0.15) is 0 Å². The molecule has 0 saturated heterocycles. The van der Waals surface area contributed by atoms with Crippen molar-refractivity contribution in [2.75, 3.05) is 13.7 Å². The number of rotatable bonds is 5. The lowest BCUT2D eigenvalue weighted by molar-refractivity contribution is -0.141. The summed E-state index contributed by atoms with van der Waals surface area (Å²) in [5.41, 5.74) is 7.30. The maximum atomic E-state index is 12.5. The normalized spacial score (nSPS) is 22.9. The molecule has 1 aromatic rings. The zero-order valence-electron chi connectivity index (χ0n) is 13.4. The van der Waals surface area contributed by atoms with E-state index in [-0.39, 0.29) is 23.6 Å². The van der Waals surface area contributed by atoms with E-state index in [2.05, 4.69) is 0 Å². The molecule has 22 heavy (non-hydrogen) atoms. The number of carbonyl (C=O) groups excluding carboxylic acids is 2. The van der Waals surface area contributed by atoms with Crippen molar-refractivity contribution in [3.63, 3.8) is 0 Å². The van der Waals surface area contributed by atoms with E-state index in [9.17, 15) is 9.59 Å². The molecule has 4 nitrogen and oxygen atoms in total. The number of benzene rings is 1. The standard InChI is InChI=1S/C18H25NO3/c1-12(18(21)22-2)14-7-9-16(10-8-14)17(20)15-5-3-13(11-19)4-6-15/h7-10,12-13,15H,3-6,11,19H2,1-2H3. The number of Topliss-reactive ketones (excluding diaryl/α,β-unsaturated/α-hetero) is 1. The molecule has 1 atom stereocenters. The molecule has 0 bridgehead atoms. The van der Waals surface area contributed by atoms with Gasteiger partial charge >= 0.3 is 5.97 Å². The Balaban J connectivity index is 2.01. The van der Waals surface area contributed by atoms with Gasteiger partial charge in [-0.05, 0) is 50.6 Å². The smallest absolute Gasteiger partial charge is 0.312 e. The molecule has 0 radical (unpaired) electrons. The monoisotopic (exact) mass is 303 g/mol. The number of hydrogen-bond acceptors (Lipinski definition) is 4. The largest absolute Gasteiger partial charge is 0.469 e. The highest BCUT2D eigenvalue weighted by Gasteiger charge is 2.26. The summed E-state index contributed by atoms with van der Waals surface area (Å²) in [7, 11) is 1.38. The molecule has 0 amide bonds. The molecule has 2 N–H and O–H groups in total. The van der Waals surface area contributed by atoms with Crippen molar-refractivity contribution in [2.24, 2.45) is 17.6 Å². The van der Waals surface area contributed by atoms with Crippen molar-refractivity contribution < 1.29 is 14.3 Å². The van der Waals surface area contributed by atoms with Crippen LogP contribution in [0.25, 0.3) is 0 Å². The van der Waals surface area contributed by atoms with E-state index in [4.69, 9.17) is 10.5 Å². The van der Waals surface area contributed by atoms with E-state index in [0.717, 1.165) is 43.4 Å². The molecular weight excluding hydrogens is 278 g/mol. The van der Waals surface area contributed by atoms with Crippen molar-refractivity contribution in [1.29, 1.82) is 0 Å². The molecule has 0 aliphatic heterocycles. The molecule has 0 aromatic heterocycles. The Morgan fingerprint density at radius 2 is 1.77 bits per heavy atom. The van der Waals surface area contributed by atoms with Gasteiger partial charge in [-0.15, -0.1) is 0 Å². The Hall–Kier alpha value is -1.68. The van der Waals surface area contributed by atoms with Gasteiger partial charge in [0, 0.05) is 11.5 Å². The van der Waals surface area contributed by atoms with E-state index in [1.807, 2.05) is 24.3 Å². The highest BCUT2D eigenvalue weighted by Crippen LogP contribution is 2.30. The van der Waals surface area contributed by atoms with Gasteiger partial charge in [0.25, 0.3) is 0 Å². The summed E-state index contributed by atoms with van der Waals surface area (Å²) in [5.74, 6) is 0.333. The van der Waals surface area contributed by atoms with Crippen molar-refractivity contribution in [2.45, 2.75) is 38.5 Å². The van der Waals surface area contributed by atoms with Crippen LogP contribution in [0.1, 0.15) is 54.4 Å². The third kappa shape index (κ3) is 3.74. The molecule has 0 heterocycles. The number of hydrogen-bond donors (Lipinski definition) is 1. The molecule has 1 aliphatic rings. The van der Waals surface area contributed by atoms with E-state index >= 15 is 0 Å². The topological polar surface area (TPSA) is 69.4 Å². The lowest BCUT2D eigenvalue weighted by Gasteiger charge is -2.26. The molecule has 0 spiro atoms. The lowest BCUT2D eigenvalue weighted by Crippen LogP contribution is -2.25. The predicted octanol–water partition coefficient (Wildman–Crippen LogP) is 2.91. The van der Waals surface area contributed by atoms with Crippen LogP contribution in [0.4, 0.5) is 0 Å². The molecule has 1 fully saturated rings. The average Bonchev–Trinajstić information content (AvgIpc) is 2.60. The summed E-state index contributed by atoms with van der Waals surface area (Å²) < 4.78 is 4.74. The van der Waals surface area contributed by atoms with Gasteiger partial charge in [-0.25, -0.2) is 0 Å². The second-order valence-electron chi connectivity index (χ2n) is 6.18. The van der Waals surface area contributed by atoms with Crippen LogP contribution < -0.4 is 5.73 Å². The molecule has 120 valence electrons. The number of carbonyl (C=O) groups is 2. The minimum atomic E-state index is -0.311. The van der Waals surface area contributed by atoms with E-state index in [1.165, 1.54) is 7.11 Å². The van der Waals surface area contributed by atoms with E-state index < -0.39 is 0 Å². The van der Waals surface area contributed by atoms with Crippen LogP contribution >= 0.6 is 0 Å². The van der Waals surface area contributed by atoms with Gasteiger partial charge in [-0.3, -0.25) is 9.59 Å². The Labute approximate surface area is 132 Å². The summed E-state index contributed by atoms with van der Waals surface area (Å²) >= 11 is 0. The van der Waals surface area contributed by atoms with Gasteiger partial charge in [-0.1, -0.05) is 24.3 Å². The molecule has 1 aromatic carbocycles. The van der Waals surface area contributed by atoms with E-state index in [0.29, 0.717) is 5.92 Å². The predicted molar refractivity (Wildman–Crippen MR) is 85.7 cm³/mol. The number of ether oxygens (including phenoxy) is 1. The number of methoxy groups -OCH3 is 1. The van der Waals surface area contributed by atoms with Crippen LogP contribution in [-0.2, 0) is 9.53 Å². The third-order valence-electron chi connectivity index (χ3n) is 4.80. The van der Waals surface area contributed by atoms with Gasteiger partial charge in [0.2, 0.25) is 0 Å². The molecular formula is C18H25NO3. The van der Waals surface area contributed by atoms with Gasteiger partial charge in [0.05, 0.1) is 13.0 Å². The first kappa shape index (κ1) is 16.7. The van der Waals surface area contributed by atoms with Crippen molar-refractivity contribution >= 4 is 11.8 Å². The Kier molecular flexibility index (Phi) is 5.72. The summed E-state index contributed by atoms with van der Waals surface area (Å²) in [4.78, 5) is 24.1. The second kappa shape index (κ2) is 7.54. The molecule has 1 saturated carbocycles. The minimum Gasteiger partial charge on any atom is -0.469 e. The average molecular weight is 303 g/mol. The molecule has 4 heteroatoms. The summed E-state index contributed by atoms with van der Waals surface area (Å²) in [6, 6.07) is 7.35. The Morgan fingerprint density at radius 1 is 1.18 bits per heavy atom. The minimum absolute atomic E-state index is 0.117. The summed E-state index contributed by atoms with van der Waals surface area (Å²) in [5, 5.41) is 0. The fourth-order valence-corrected chi connectivity index (χ4v) is 3.14. The fourth-order valence-electron chi connectivity index (χ4n) is 3.14. The maximum absolute atomic E-state index is 12.5. The highest BCUT2D eigenvalue weighted by molar-refractivity contribution is 5.98. The molecule has 2 rings (SSSR count). The SMILES string of the molecule is COC(=O)C(C)c1ccc(C(=O)C2CCC(CN)CC2)cc1. The van der Waals surface area contributed by atoms with Crippen LogP contribution in [0.5, 0.6) is 0 Å². The summed E-state index contributed by atoms with van der Waals surface area (Å²) in [6.45, 7) is 2.53. The highest BCUT2D eigenvalue weighted by atomic mass is 16.5. The number of esters is 1. The van der Waals surface area contributed by atoms with Gasteiger partial charge < -0.3 is 10.5 Å². The first-order chi connectivity index (χ1) is 10.6. The van der Waals surface area contributed by atoms with E-state index in [1.54, 1.807) is 6.92 Å². The first-order valence-electron chi connectivity index (χ1n) is 7.98. The zero-order chi connectivity index (χ0) is 16.1. The van der Waals surface area contributed by atoms with Crippen molar-refractivity contribution in [3.8, 4) is 0 Å². The van der Waals surface area contributed by atoms with Gasteiger partial charge in [0.1, 0.15) is 0 Å². The third-order valence-corrected chi connectivity index (χ3v) is 4.80. The fraction of sp³-hybridized carbons (Fsp3) is 0.556. The van der Waals surface area contributed by atoms with Crippen LogP contribution in [0, 0.1) is 11.8 Å². The van der Waals surface area contributed by atoms with Crippen LogP contribution in [0.2, 0.25) is 0 Å². The Bertz CT molecular complexity index is 516.